The Labute approximate surface area is 236 Å². The summed E-state index contributed by atoms with van der Waals surface area (Å²) in [6.45, 7) is 13.9. The van der Waals surface area contributed by atoms with Gasteiger partial charge in [0.25, 0.3) is 0 Å². The van der Waals surface area contributed by atoms with E-state index in [-0.39, 0.29) is 29.5 Å². The number of esters is 2. The molecule has 1 aromatic carbocycles. The molecule has 6 atom stereocenters. The van der Waals surface area contributed by atoms with Crippen molar-refractivity contribution in [2.75, 3.05) is 13.2 Å². The van der Waals surface area contributed by atoms with Gasteiger partial charge in [-0.05, 0) is 87.0 Å². The van der Waals surface area contributed by atoms with E-state index in [1.54, 1.807) is 18.2 Å². The number of allylic oxidation sites excluding steroid dienone is 2. The molecule has 0 radical (unpaired) electrons. The maximum Gasteiger partial charge on any atom is 0.337 e. The van der Waals surface area contributed by atoms with E-state index in [0.29, 0.717) is 29.5 Å². The average Bonchev–Trinajstić information content (AvgIpc) is 3.22. The maximum atomic E-state index is 12.6. The van der Waals surface area contributed by atoms with Crippen LogP contribution in [0.3, 0.4) is 0 Å². The van der Waals surface area contributed by atoms with Gasteiger partial charge in [-0.1, -0.05) is 55.8 Å². The number of cyclic esters (lactones) is 1. The van der Waals surface area contributed by atoms with Crippen LogP contribution in [0.1, 0.15) is 65.4 Å². The number of ether oxygens (including phenoxy) is 4. The summed E-state index contributed by atoms with van der Waals surface area (Å²) >= 11 is 5.92. The summed E-state index contributed by atoms with van der Waals surface area (Å²) in [6.07, 6.45) is 9.02. The van der Waals surface area contributed by atoms with Crippen molar-refractivity contribution >= 4 is 29.6 Å². The van der Waals surface area contributed by atoms with Crippen molar-refractivity contribution in [1.82, 2.24) is 0 Å². The minimum atomic E-state index is -0.726. The highest BCUT2D eigenvalue weighted by Crippen LogP contribution is 2.63. The highest BCUT2D eigenvalue weighted by molar-refractivity contribution is 6.30. The van der Waals surface area contributed by atoms with Gasteiger partial charge in [-0.3, -0.25) is 0 Å². The number of carbonyl (C=O) groups excluding carboxylic acids is 2. The molecule has 0 aromatic heterocycles. The zero-order chi connectivity index (χ0) is 28.0. The Morgan fingerprint density at radius 2 is 1.90 bits per heavy atom. The zero-order valence-corrected chi connectivity index (χ0v) is 24.1. The number of hydrogen-bond donors (Lipinski definition) is 0. The monoisotopic (exact) mass is 554 g/mol. The fourth-order valence-corrected chi connectivity index (χ4v) is 7.56. The molecule has 4 aliphatic rings. The Balaban J connectivity index is 1.30. The van der Waals surface area contributed by atoms with Crippen molar-refractivity contribution in [3.8, 4) is 0 Å². The van der Waals surface area contributed by atoms with E-state index in [0.717, 1.165) is 31.2 Å². The molecule has 0 amide bonds. The van der Waals surface area contributed by atoms with Gasteiger partial charge in [-0.2, -0.15) is 0 Å². The molecule has 1 unspecified atom stereocenters. The lowest BCUT2D eigenvalue weighted by molar-refractivity contribution is -0.344. The van der Waals surface area contributed by atoms with Crippen molar-refractivity contribution in [2.24, 2.45) is 22.7 Å². The number of benzene rings is 1. The van der Waals surface area contributed by atoms with Crippen molar-refractivity contribution in [2.45, 2.75) is 77.8 Å². The lowest BCUT2D eigenvalue weighted by atomic mass is 9.46. The molecule has 2 heterocycles. The first-order valence-corrected chi connectivity index (χ1v) is 14.3. The summed E-state index contributed by atoms with van der Waals surface area (Å²) in [7, 11) is 0. The Kier molecular flexibility index (Phi) is 7.60. The second-order valence-electron chi connectivity index (χ2n) is 12.5. The van der Waals surface area contributed by atoms with Gasteiger partial charge >= 0.3 is 11.9 Å². The fraction of sp³-hybridized carbons (Fsp3) is 0.562. The van der Waals surface area contributed by atoms with Crippen molar-refractivity contribution < 1.29 is 28.5 Å². The summed E-state index contributed by atoms with van der Waals surface area (Å²) in [5.74, 6) is -0.898. The van der Waals surface area contributed by atoms with Crippen molar-refractivity contribution in [3.63, 3.8) is 0 Å². The van der Waals surface area contributed by atoms with Crippen LogP contribution in [-0.2, 0) is 28.5 Å². The first-order chi connectivity index (χ1) is 18.4. The fourth-order valence-electron chi connectivity index (χ4n) is 7.43. The second-order valence-corrected chi connectivity index (χ2v) is 12.9. The molecule has 0 bridgehead atoms. The summed E-state index contributed by atoms with van der Waals surface area (Å²) in [6, 6.07) is 7.13. The van der Waals surface area contributed by atoms with Crippen LogP contribution in [0.4, 0.5) is 0 Å². The van der Waals surface area contributed by atoms with Gasteiger partial charge in [0, 0.05) is 16.5 Å². The van der Waals surface area contributed by atoms with E-state index in [1.165, 1.54) is 11.6 Å². The molecule has 6 nitrogen and oxygen atoms in total. The molecule has 0 spiro atoms. The normalized spacial score (nSPS) is 36.9. The third-order valence-electron chi connectivity index (χ3n) is 9.53. The van der Waals surface area contributed by atoms with Gasteiger partial charge in [0.1, 0.15) is 6.61 Å². The molecule has 4 fully saturated rings. The van der Waals surface area contributed by atoms with Crippen LogP contribution in [0.2, 0.25) is 5.02 Å². The quantitative estimate of drug-likeness (QED) is 0.230. The molecule has 5 rings (SSSR count). The summed E-state index contributed by atoms with van der Waals surface area (Å²) in [5.41, 5.74) is 2.38. The lowest BCUT2D eigenvalue weighted by Crippen LogP contribution is -2.62. The summed E-state index contributed by atoms with van der Waals surface area (Å²) < 4.78 is 23.5. The molecule has 210 valence electrons. The Bertz CT molecular complexity index is 1200. The highest BCUT2D eigenvalue weighted by atomic mass is 35.5. The molecule has 2 aliphatic carbocycles. The van der Waals surface area contributed by atoms with Gasteiger partial charge in [0.15, 0.2) is 11.9 Å². The van der Waals surface area contributed by atoms with E-state index in [4.69, 9.17) is 30.5 Å². The minimum absolute atomic E-state index is 0.00183. The van der Waals surface area contributed by atoms with E-state index in [1.807, 2.05) is 32.1 Å². The van der Waals surface area contributed by atoms with Crippen molar-refractivity contribution in [1.29, 1.82) is 0 Å². The minimum Gasteiger partial charge on any atom is -0.458 e. The largest absolute Gasteiger partial charge is 0.458 e. The molecular formula is C32H39ClO6. The van der Waals surface area contributed by atoms with Gasteiger partial charge in [0.2, 0.25) is 0 Å². The summed E-state index contributed by atoms with van der Waals surface area (Å²) in [4.78, 5) is 25.2. The van der Waals surface area contributed by atoms with Crippen LogP contribution < -0.4 is 0 Å². The Hall–Kier alpha value is -2.41. The van der Waals surface area contributed by atoms with Gasteiger partial charge in [-0.25, -0.2) is 9.59 Å². The number of fused-ring (bicyclic) bond motifs is 3. The molecule has 0 N–H and O–H groups in total. The molecule has 7 heteroatoms. The number of halogens is 1. The van der Waals surface area contributed by atoms with E-state index >= 15 is 0 Å². The van der Waals surface area contributed by atoms with Gasteiger partial charge < -0.3 is 18.9 Å². The molecule has 39 heavy (non-hydrogen) atoms. The SMILES string of the molecule is C=C1CCC2[C@]3(C)COC(C)(C)O[C@@H]3CC[C@@]2(C)[C@@H]1CC=C1C(=O)OC[C@H]1OC(=O)C=Cc1ccc(Cl)cc1. The Morgan fingerprint density at radius 3 is 2.64 bits per heavy atom. The molecule has 1 aromatic rings. The van der Waals surface area contributed by atoms with Crippen LogP contribution in [0.5, 0.6) is 0 Å². The van der Waals surface area contributed by atoms with E-state index in [2.05, 4.69) is 20.4 Å². The number of rotatable bonds is 5. The van der Waals surface area contributed by atoms with Crippen LogP contribution >= 0.6 is 11.6 Å². The molecule has 2 saturated heterocycles. The van der Waals surface area contributed by atoms with E-state index < -0.39 is 23.8 Å². The zero-order valence-electron chi connectivity index (χ0n) is 23.3. The first kappa shape index (κ1) is 28.1. The predicted octanol–water partition coefficient (Wildman–Crippen LogP) is 6.68. The van der Waals surface area contributed by atoms with Crippen molar-refractivity contribution in [3.05, 3.63) is 64.7 Å². The third-order valence-corrected chi connectivity index (χ3v) is 9.79. The van der Waals surface area contributed by atoms with Gasteiger partial charge in [-0.15, -0.1) is 0 Å². The van der Waals surface area contributed by atoms with E-state index in [9.17, 15) is 9.59 Å². The molecule has 2 saturated carbocycles. The Morgan fingerprint density at radius 1 is 1.15 bits per heavy atom. The maximum absolute atomic E-state index is 12.6. The van der Waals surface area contributed by atoms with Crippen LogP contribution in [0.25, 0.3) is 6.08 Å². The number of carbonyl (C=O) groups is 2. The standard InChI is InChI=1S/C32H39ClO6/c1-20-6-14-26-31(4,17-16-27-32(26,5)19-37-30(2,3)39-27)24(20)13-12-23-25(18-36-29(23)35)38-28(34)15-9-21-7-10-22(33)11-8-21/h7-12,15,24-27H,1,6,13-14,16-19H2,2-5H3/t24-,25-,26?,27-,31+,32+/m1/s1. The first-order valence-electron chi connectivity index (χ1n) is 13.9. The van der Waals surface area contributed by atoms with Crippen LogP contribution in [0.15, 0.2) is 54.1 Å². The number of hydrogen-bond acceptors (Lipinski definition) is 6. The predicted molar refractivity (Wildman–Crippen MR) is 150 cm³/mol. The topological polar surface area (TPSA) is 71.1 Å². The molecular weight excluding hydrogens is 516 g/mol. The highest BCUT2D eigenvalue weighted by Gasteiger charge is 2.60. The average molecular weight is 555 g/mol. The van der Waals surface area contributed by atoms with Gasteiger partial charge in [0.05, 0.1) is 18.3 Å². The van der Waals surface area contributed by atoms with Crippen LogP contribution in [0, 0.1) is 22.7 Å². The molecule has 2 aliphatic heterocycles. The second kappa shape index (κ2) is 10.5. The van der Waals surface area contributed by atoms with Crippen LogP contribution in [-0.4, -0.2) is 43.1 Å². The third kappa shape index (κ3) is 5.48. The smallest absolute Gasteiger partial charge is 0.337 e. The summed E-state index contributed by atoms with van der Waals surface area (Å²) in [5, 5.41) is 0.624. The lowest BCUT2D eigenvalue weighted by Gasteiger charge is -2.63.